The molecule has 9 nitrogen and oxygen atoms in total. The fourth-order valence-electron chi connectivity index (χ4n) is 4.81. The zero-order valence-electron chi connectivity index (χ0n) is 20.8. The molecular formula is C27H31ClN6O3. The Labute approximate surface area is 221 Å². The standard InChI is InChI=1S/C27H30N6O3.ClH/c1-36-23-11-3-2-9-21(23)24-22-10-4-5-15-32(22)27(35)33(25(24)34)16-7-6-14-30-17-19-31(20-18-30)26-28-12-8-13-29-26;/h2-5,8-13,15H,6-7,14,16-20H2,1H3;1H. The maximum Gasteiger partial charge on any atom is 0.335 e. The number of aromatic nitrogens is 4. The van der Waals surface area contributed by atoms with Crippen LogP contribution in [0.1, 0.15) is 12.8 Å². The van der Waals surface area contributed by atoms with Gasteiger partial charge in [-0.05, 0) is 43.7 Å². The number of methoxy groups -OCH3 is 1. The summed E-state index contributed by atoms with van der Waals surface area (Å²) < 4.78 is 8.43. The topological polar surface area (TPSA) is 85.0 Å². The molecule has 0 N–H and O–H groups in total. The second-order valence-electron chi connectivity index (χ2n) is 8.86. The van der Waals surface area contributed by atoms with Crippen molar-refractivity contribution in [2.24, 2.45) is 0 Å². The molecule has 0 atom stereocenters. The van der Waals surface area contributed by atoms with E-state index >= 15 is 0 Å². The molecule has 1 aromatic carbocycles. The molecule has 3 aromatic heterocycles. The Morgan fingerprint density at radius 1 is 0.865 bits per heavy atom. The van der Waals surface area contributed by atoms with Crippen LogP contribution in [0.2, 0.25) is 0 Å². The van der Waals surface area contributed by atoms with Crippen molar-refractivity contribution in [3.05, 3.63) is 88.0 Å². The van der Waals surface area contributed by atoms with Crippen LogP contribution in [0.4, 0.5) is 5.95 Å². The molecule has 4 aromatic rings. The lowest BCUT2D eigenvalue weighted by Crippen LogP contribution is -2.47. The highest BCUT2D eigenvalue weighted by Gasteiger charge is 2.20. The molecule has 37 heavy (non-hydrogen) atoms. The zero-order valence-corrected chi connectivity index (χ0v) is 21.6. The minimum Gasteiger partial charge on any atom is -0.496 e. The molecule has 0 amide bonds. The van der Waals surface area contributed by atoms with E-state index in [2.05, 4.69) is 19.8 Å². The molecule has 0 aliphatic carbocycles. The van der Waals surface area contributed by atoms with Crippen LogP contribution in [0.5, 0.6) is 5.75 Å². The summed E-state index contributed by atoms with van der Waals surface area (Å²) in [5.41, 5.74) is 1.14. The van der Waals surface area contributed by atoms with Gasteiger partial charge in [0.05, 0.1) is 18.2 Å². The van der Waals surface area contributed by atoms with Gasteiger partial charge in [0.1, 0.15) is 5.75 Å². The van der Waals surface area contributed by atoms with Gasteiger partial charge in [-0.3, -0.25) is 18.7 Å². The number of halogens is 1. The van der Waals surface area contributed by atoms with Crippen LogP contribution in [-0.4, -0.2) is 63.7 Å². The summed E-state index contributed by atoms with van der Waals surface area (Å²) in [5.74, 6) is 1.38. The van der Waals surface area contributed by atoms with Crippen LogP contribution in [0, 0.1) is 0 Å². The Kier molecular flexibility index (Phi) is 8.58. The van der Waals surface area contributed by atoms with Crippen molar-refractivity contribution in [2.75, 3.05) is 44.7 Å². The van der Waals surface area contributed by atoms with Crippen molar-refractivity contribution < 1.29 is 4.74 Å². The number of nitrogens with zero attached hydrogens (tertiary/aromatic N) is 6. The third-order valence-corrected chi connectivity index (χ3v) is 6.70. The Morgan fingerprint density at radius 2 is 1.57 bits per heavy atom. The molecule has 0 bridgehead atoms. The van der Waals surface area contributed by atoms with Crippen LogP contribution in [0.15, 0.2) is 76.7 Å². The first-order chi connectivity index (χ1) is 17.7. The lowest BCUT2D eigenvalue weighted by molar-refractivity contribution is 0.250. The number of pyridine rings is 1. The second-order valence-corrected chi connectivity index (χ2v) is 8.86. The maximum absolute atomic E-state index is 13.6. The molecule has 1 fully saturated rings. The summed E-state index contributed by atoms with van der Waals surface area (Å²) in [6.07, 6.45) is 6.88. The molecule has 0 unspecified atom stereocenters. The summed E-state index contributed by atoms with van der Waals surface area (Å²) in [6.45, 7) is 4.95. The predicted molar refractivity (Wildman–Crippen MR) is 147 cm³/mol. The smallest absolute Gasteiger partial charge is 0.335 e. The normalized spacial score (nSPS) is 13.9. The molecule has 194 valence electrons. The Bertz CT molecular complexity index is 1450. The number of unbranched alkanes of at least 4 members (excludes halogenated alkanes) is 1. The zero-order chi connectivity index (χ0) is 24.9. The molecule has 1 aliphatic heterocycles. The summed E-state index contributed by atoms with van der Waals surface area (Å²) >= 11 is 0. The maximum atomic E-state index is 13.6. The molecule has 0 saturated carbocycles. The van der Waals surface area contributed by atoms with Gasteiger partial charge in [-0.15, -0.1) is 12.4 Å². The van der Waals surface area contributed by atoms with E-state index in [1.807, 2.05) is 36.4 Å². The number of ether oxygens (including phenoxy) is 1. The predicted octanol–water partition coefficient (Wildman–Crippen LogP) is 2.95. The Morgan fingerprint density at radius 3 is 2.32 bits per heavy atom. The first kappa shape index (κ1) is 26.4. The fourth-order valence-corrected chi connectivity index (χ4v) is 4.81. The molecular weight excluding hydrogens is 492 g/mol. The lowest BCUT2D eigenvalue weighted by Gasteiger charge is -2.34. The van der Waals surface area contributed by atoms with Gasteiger partial charge >= 0.3 is 5.69 Å². The van der Waals surface area contributed by atoms with Gasteiger partial charge < -0.3 is 9.64 Å². The average Bonchev–Trinajstić information content (AvgIpc) is 2.94. The van der Waals surface area contributed by atoms with Crippen LogP contribution in [0.3, 0.4) is 0 Å². The van der Waals surface area contributed by atoms with Crippen molar-refractivity contribution in [3.8, 4) is 16.9 Å². The van der Waals surface area contributed by atoms with E-state index in [1.54, 1.807) is 42.2 Å². The number of piperazine rings is 1. The highest BCUT2D eigenvalue weighted by atomic mass is 35.5. The van der Waals surface area contributed by atoms with Crippen molar-refractivity contribution >= 4 is 23.9 Å². The number of benzene rings is 1. The number of fused-ring (bicyclic) bond motifs is 1. The van der Waals surface area contributed by atoms with Crippen molar-refractivity contribution in [1.29, 1.82) is 0 Å². The van der Waals surface area contributed by atoms with E-state index in [9.17, 15) is 9.59 Å². The summed E-state index contributed by atoms with van der Waals surface area (Å²) in [6, 6.07) is 14.7. The van der Waals surface area contributed by atoms with Gasteiger partial charge in [0.25, 0.3) is 5.56 Å². The summed E-state index contributed by atoms with van der Waals surface area (Å²) in [4.78, 5) is 40.1. The number of anilines is 1. The van der Waals surface area contributed by atoms with Gasteiger partial charge in [-0.25, -0.2) is 14.8 Å². The highest BCUT2D eigenvalue weighted by Crippen LogP contribution is 2.29. The average molecular weight is 523 g/mol. The molecule has 4 heterocycles. The summed E-state index contributed by atoms with van der Waals surface area (Å²) in [7, 11) is 1.58. The van der Waals surface area contributed by atoms with Gasteiger partial charge in [0.2, 0.25) is 5.95 Å². The molecule has 10 heteroatoms. The van der Waals surface area contributed by atoms with E-state index in [0.717, 1.165) is 51.5 Å². The number of para-hydroxylation sites is 1. The Hall–Kier alpha value is -3.69. The largest absolute Gasteiger partial charge is 0.496 e. The van der Waals surface area contributed by atoms with E-state index in [1.165, 1.54) is 4.57 Å². The third-order valence-electron chi connectivity index (χ3n) is 6.70. The SMILES string of the molecule is COc1ccccc1-c1c(=O)n(CCCCN2CCN(c3ncccn3)CC2)c(=O)n2ccccc12.Cl. The van der Waals surface area contributed by atoms with Crippen molar-refractivity contribution in [1.82, 2.24) is 23.8 Å². The van der Waals surface area contributed by atoms with Crippen molar-refractivity contribution in [3.63, 3.8) is 0 Å². The van der Waals surface area contributed by atoms with Crippen LogP contribution >= 0.6 is 12.4 Å². The second kappa shape index (κ2) is 12.0. The van der Waals surface area contributed by atoms with Crippen LogP contribution in [0.25, 0.3) is 16.6 Å². The van der Waals surface area contributed by atoms with Gasteiger partial charge in [-0.2, -0.15) is 0 Å². The van der Waals surface area contributed by atoms with Gasteiger partial charge in [0.15, 0.2) is 0 Å². The quantitative estimate of drug-likeness (QED) is 0.329. The monoisotopic (exact) mass is 522 g/mol. The minimum atomic E-state index is -0.314. The lowest BCUT2D eigenvalue weighted by atomic mass is 10.0. The van der Waals surface area contributed by atoms with E-state index in [0.29, 0.717) is 28.9 Å². The first-order valence-electron chi connectivity index (χ1n) is 12.3. The molecule has 0 spiro atoms. The number of hydrogen-bond acceptors (Lipinski definition) is 7. The summed E-state index contributed by atoms with van der Waals surface area (Å²) in [5, 5.41) is 0. The fraction of sp³-hybridized carbons (Fsp3) is 0.333. The minimum absolute atomic E-state index is 0. The van der Waals surface area contributed by atoms with Crippen molar-refractivity contribution in [2.45, 2.75) is 19.4 Å². The molecule has 1 saturated heterocycles. The first-order valence-corrected chi connectivity index (χ1v) is 12.3. The number of rotatable bonds is 8. The van der Waals surface area contributed by atoms with Crippen LogP contribution < -0.4 is 20.9 Å². The Balaban J connectivity index is 0.00000320. The highest BCUT2D eigenvalue weighted by molar-refractivity contribution is 5.85. The van der Waals surface area contributed by atoms with Gasteiger partial charge in [0, 0.05) is 56.9 Å². The van der Waals surface area contributed by atoms with Crippen LogP contribution in [-0.2, 0) is 6.54 Å². The molecule has 1 aliphatic rings. The number of hydrogen-bond donors (Lipinski definition) is 0. The third kappa shape index (κ3) is 5.52. The van der Waals surface area contributed by atoms with E-state index in [4.69, 9.17) is 4.74 Å². The van der Waals surface area contributed by atoms with E-state index in [-0.39, 0.29) is 23.7 Å². The molecule has 0 radical (unpaired) electrons. The van der Waals surface area contributed by atoms with Gasteiger partial charge in [-0.1, -0.05) is 24.3 Å². The van der Waals surface area contributed by atoms with E-state index < -0.39 is 0 Å². The molecule has 5 rings (SSSR count).